The van der Waals surface area contributed by atoms with Crippen LogP contribution in [0.4, 0.5) is 0 Å². The fourth-order valence-corrected chi connectivity index (χ4v) is 3.41. The van der Waals surface area contributed by atoms with Gasteiger partial charge in [0.2, 0.25) is 0 Å². The van der Waals surface area contributed by atoms with E-state index >= 15 is 0 Å². The van der Waals surface area contributed by atoms with Crippen LogP contribution < -0.4 is 19.5 Å². The van der Waals surface area contributed by atoms with Crippen LogP contribution in [0.3, 0.4) is 0 Å². The third kappa shape index (κ3) is 5.84. The SMILES string of the molecule is COc1ccc(CCNC(=O)c2ccc(COc3cc(C)ccc3C(C)C)o2)cc1OC. The van der Waals surface area contributed by atoms with Crippen molar-refractivity contribution in [3.05, 3.63) is 76.7 Å². The Kier molecular flexibility index (Phi) is 7.82. The summed E-state index contributed by atoms with van der Waals surface area (Å²) in [6.07, 6.45) is 0.661. The Morgan fingerprint density at radius 3 is 2.47 bits per heavy atom. The second kappa shape index (κ2) is 10.8. The van der Waals surface area contributed by atoms with Crippen molar-refractivity contribution in [1.29, 1.82) is 0 Å². The quantitative estimate of drug-likeness (QED) is 0.467. The first-order valence-electron chi connectivity index (χ1n) is 10.7. The normalized spacial score (nSPS) is 10.8. The molecule has 1 aromatic heterocycles. The molecule has 1 heterocycles. The minimum atomic E-state index is -0.254. The summed E-state index contributed by atoms with van der Waals surface area (Å²) in [5.74, 6) is 3.16. The lowest BCUT2D eigenvalue weighted by atomic mass is 10.0. The molecule has 0 spiro atoms. The predicted molar refractivity (Wildman–Crippen MR) is 124 cm³/mol. The first-order valence-corrected chi connectivity index (χ1v) is 10.7. The molecule has 0 atom stereocenters. The molecule has 0 fully saturated rings. The number of nitrogens with one attached hydrogen (secondary N) is 1. The fourth-order valence-electron chi connectivity index (χ4n) is 3.41. The maximum absolute atomic E-state index is 12.4. The molecular formula is C26H31NO5. The van der Waals surface area contributed by atoms with Gasteiger partial charge < -0.3 is 23.9 Å². The number of ether oxygens (including phenoxy) is 3. The molecule has 1 N–H and O–H groups in total. The number of aryl methyl sites for hydroxylation is 1. The van der Waals surface area contributed by atoms with Crippen LogP contribution in [0, 0.1) is 6.92 Å². The van der Waals surface area contributed by atoms with Gasteiger partial charge in [-0.25, -0.2) is 0 Å². The topological polar surface area (TPSA) is 69.9 Å². The van der Waals surface area contributed by atoms with E-state index in [1.807, 2.05) is 31.2 Å². The van der Waals surface area contributed by atoms with Crippen molar-refractivity contribution in [1.82, 2.24) is 5.32 Å². The van der Waals surface area contributed by atoms with E-state index < -0.39 is 0 Å². The molecule has 0 unspecified atom stereocenters. The molecule has 0 aliphatic rings. The van der Waals surface area contributed by atoms with E-state index in [0.717, 1.165) is 22.4 Å². The van der Waals surface area contributed by atoms with E-state index in [4.69, 9.17) is 18.6 Å². The summed E-state index contributed by atoms with van der Waals surface area (Å²) in [6, 6.07) is 15.4. The predicted octanol–water partition coefficient (Wildman–Crippen LogP) is 5.28. The summed E-state index contributed by atoms with van der Waals surface area (Å²) in [6.45, 7) is 7.04. The second-order valence-corrected chi connectivity index (χ2v) is 7.95. The van der Waals surface area contributed by atoms with Crippen molar-refractivity contribution >= 4 is 5.91 Å². The van der Waals surface area contributed by atoms with E-state index in [2.05, 4.69) is 31.3 Å². The number of amides is 1. The molecule has 0 aliphatic carbocycles. The lowest BCUT2D eigenvalue weighted by molar-refractivity contribution is 0.0922. The van der Waals surface area contributed by atoms with E-state index in [-0.39, 0.29) is 18.3 Å². The van der Waals surface area contributed by atoms with Gasteiger partial charge in [0.1, 0.15) is 18.1 Å². The number of benzene rings is 2. The summed E-state index contributed by atoms with van der Waals surface area (Å²) in [5, 5.41) is 2.89. The molecule has 0 radical (unpaired) electrons. The summed E-state index contributed by atoms with van der Waals surface area (Å²) < 4.78 is 22.3. The molecule has 0 bridgehead atoms. The van der Waals surface area contributed by atoms with Crippen LogP contribution >= 0.6 is 0 Å². The molecule has 6 nitrogen and oxygen atoms in total. The Labute approximate surface area is 189 Å². The maximum atomic E-state index is 12.4. The van der Waals surface area contributed by atoms with Crippen molar-refractivity contribution in [3.63, 3.8) is 0 Å². The zero-order chi connectivity index (χ0) is 23.1. The standard InChI is InChI=1S/C26H31NO5/c1-17(2)21-9-6-18(3)14-24(21)31-16-20-8-11-23(32-20)26(28)27-13-12-19-7-10-22(29-4)25(15-19)30-5/h6-11,14-15,17H,12-13,16H2,1-5H3,(H,27,28). The fraction of sp³-hybridized carbons (Fsp3) is 0.346. The van der Waals surface area contributed by atoms with Gasteiger partial charge in [0.25, 0.3) is 5.91 Å². The molecule has 32 heavy (non-hydrogen) atoms. The van der Waals surface area contributed by atoms with Crippen molar-refractivity contribution in [2.45, 2.75) is 39.7 Å². The third-order valence-corrected chi connectivity index (χ3v) is 5.19. The zero-order valence-corrected chi connectivity index (χ0v) is 19.4. The van der Waals surface area contributed by atoms with E-state index in [9.17, 15) is 4.79 Å². The van der Waals surface area contributed by atoms with Crippen LogP contribution in [-0.4, -0.2) is 26.7 Å². The van der Waals surface area contributed by atoms with E-state index in [0.29, 0.717) is 36.1 Å². The van der Waals surface area contributed by atoms with Crippen LogP contribution in [0.2, 0.25) is 0 Å². The molecule has 6 heteroatoms. The van der Waals surface area contributed by atoms with Crippen molar-refractivity contribution in [2.24, 2.45) is 0 Å². The van der Waals surface area contributed by atoms with Gasteiger partial charge in [0, 0.05) is 6.54 Å². The largest absolute Gasteiger partial charge is 0.493 e. The Morgan fingerprint density at radius 1 is 0.969 bits per heavy atom. The molecule has 1 amide bonds. The molecular weight excluding hydrogens is 406 g/mol. The Balaban J connectivity index is 1.53. The maximum Gasteiger partial charge on any atom is 0.287 e. The lowest BCUT2D eigenvalue weighted by Crippen LogP contribution is -2.25. The average molecular weight is 438 g/mol. The smallest absolute Gasteiger partial charge is 0.287 e. The number of furan rings is 1. The Hall–Kier alpha value is -3.41. The number of carbonyl (C=O) groups is 1. The molecule has 0 aliphatic heterocycles. The summed E-state index contributed by atoms with van der Waals surface area (Å²) in [4.78, 5) is 12.4. The summed E-state index contributed by atoms with van der Waals surface area (Å²) >= 11 is 0. The number of methoxy groups -OCH3 is 2. The van der Waals surface area contributed by atoms with Crippen LogP contribution in [0.1, 0.15) is 52.8 Å². The van der Waals surface area contributed by atoms with Gasteiger partial charge in [-0.15, -0.1) is 0 Å². The highest BCUT2D eigenvalue weighted by molar-refractivity contribution is 5.91. The van der Waals surface area contributed by atoms with Gasteiger partial charge in [-0.2, -0.15) is 0 Å². The minimum Gasteiger partial charge on any atom is -0.493 e. The number of hydrogen-bond acceptors (Lipinski definition) is 5. The van der Waals surface area contributed by atoms with Crippen LogP contribution in [0.25, 0.3) is 0 Å². The molecule has 0 saturated carbocycles. The van der Waals surface area contributed by atoms with Gasteiger partial charge in [0.15, 0.2) is 17.3 Å². The monoisotopic (exact) mass is 437 g/mol. The number of hydrogen-bond donors (Lipinski definition) is 1. The average Bonchev–Trinajstić information content (AvgIpc) is 3.26. The highest BCUT2D eigenvalue weighted by Gasteiger charge is 2.13. The molecule has 170 valence electrons. The Morgan fingerprint density at radius 2 is 1.75 bits per heavy atom. The number of rotatable bonds is 10. The Bertz CT molecular complexity index is 1050. The molecule has 3 rings (SSSR count). The first-order chi connectivity index (χ1) is 15.4. The second-order valence-electron chi connectivity index (χ2n) is 7.95. The molecule has 2 aromatic carbocycles. The van der Waals surface area contributed by atoms with E-state index in [1.165, 1.54) is 0 Å². The van der Waals surface area contributed by atoms with Gasteiger partial charge in [-0.05, 0) is 66.3 Å². The van der Waals surface area contributed by atoms with Gasteiger partial charge in [-0.3, -0.25) is 4.79 Å². The van der Waals surface area contributed by atoms with Gasteiger partial charge in [0.05, 0.1) is 14.2 Å². The van der Waals surface area contributed by atoms with Crippen LogP contribution in [0.5, 0.6) is 17.2 Å². The minimum absolute atomic E-state index is 0.254. The summed E-state index contributed by atoms with van der Waals surface area (Å²) in [5.41, 5.74) is 3.32. The van der Waals surface area contributed by atoms with Crippen molar-refractivity contribution < 1.29 is 23.4 Å². The van der Waals surface area contributed by atoms with Crippen molar-refractivity contribution in [3.8, 4) is 17.2 Å². The molecule has 0 saturated heterocycles. The summed E-state index contributed by atoms with van der Waals surface area (Å²) in [7, 11) is 3.20. The third-order valence-electron chi connectivity index (χ3n) is 5.19. The highest BCUT2D eigenvalue weighted by Crippen LogP contribution is 2.29. The van der Waals surface area contributed by atoms with Gasteiger partial charge >= 0.3 is 0 Å². The van der Waals surface area contributed by atoms with Crippen LogP contribution in [0.15, 0.2) is 52.9 Å². The van der Waals surface area contributed by atoms with Crippen molar-refractivity contribution in [2.75, 3.05) is 20.8 Å². The lowest BCUT2D eigenvalue weighted by Gasteiger charge is -2.14. The molecule has 3 aromatic rings. The van der Waals surface area contributed by atoms with E-state index in [1.54, 1.807) is 26.4 Å². The first kappa shape index (κ1) is 23.3. The zero-order valence-electron chi connectivity index (χ0n) is 19.4. The highest BCUT2D eigenvalue weighted by atomic mass is 16.5. The van der Waals surface area contributed by atoms with Gasteiger partial charge in [-0.1, -0.05) is 32.0 Å². The number of carbonyl (C=O) groups excluding carboxylic acids is 1. The van der Waals surface area contributed by atoms with Crippen LogP contribution in [-0.2, 0) is 13.0 Å².